The molecule has 1 aliphatic heterocycles. The quantitative estimate of drug-likeness (QED) is 0.248. The van der Waals surface area contributed by atoms with Gasteiger partial charge in [-0.2, -0.15) is 0 Å². The third-order valence-electron chi connectivity index (χ3n) is 5.10. The lowest BCUT2D eigenvalue weighted by Gasteiger charge is -2.13. The fourth-order valence-electron chi connectivity index (χ4n) is 3.35. The van der Waals surface area contributed by atoms with Gasteiger partial charge in [0.25, 0.3) is 5.91 Å². The highest BCUT2D eigenvalue weighted by Gasteiger charge is 2.31. The van der Waals surface area contributed by atoms with Crippen LogP contribution in [0.3, 0.4) is 0 Å². The highest BCUT2D eigenvalue weighted by molar-refractivity contribution is 8.26. The first-order chi connectivity index (χ1) is 15.0. The summed E-state index contributed by atoms with van der Waals surface area (Å²) >= 11 is 6.63. The molecule has 0 aliphatic carbocycles. The third-order valence-corrected chi connectivity index (χ3v) is 6.48. The Morgan fingerprint density at radius 1 is 1.13 bits per heavy atom. The van der Waals surface area contributed by atoms with Gasteiger partial charge in [-0.25, -0.2) is 0 Å². The second kappa shape index (κ2) is 11.3. The zero-order valence-corrected chi connectivity index (χ0v) is 19.3. The molecule has 1 saturated heterocycles. The molecule has 1 fully saturated rings. The van der Waals surface area contributed by atoms with Crippen molar-refractivity contribution in [1.82, 2.24) is 4.90 Å². The molecule has 3 rings (SSSR count). The van der Waals surface area contributed by atoms with Crippen LogP contribution in [0, 0.1) is 0 Å². The van der Waals surface area contributed by atoms with Crippen molar-refractivity contribution in [2.24, 2.45) is 0 Å². The van der Waals surface area contributed by atoms with Crippen molar-refractivity contribution in [3.05, 3.63) is 52.6 Å². The van der Waals surface area contributed by atoms with Crippen molar-refractivity contribution in [1.29, 1.82) is 0 Å². The highest BCUT2D eigenvalue weighted by Crippen LogP contribution is 2.34. The lowest BCUT2D eigenvalue weighted by Crippen LogP contribution is -2.29. The molecule has 2 heterocycles. The van der Waals surface area contributed by atoms with Crippen LogP contribution in [0.5, 0.6) is 0 Å². The number of rotatable bonds is 11. The summed E-state index contributed by atoms with van der Waals surface area (Å²) in [5.41, 5.74) is 2.33. The van der Waals surface area contributed by atoms with Gasteiger partial charge in [0, 0.05) is 24.6 Å². The number of aliphatic carboxylic acids is 1. The Labute approximate surface area is 192 Å². The predicted octanol–water partition coefficient (Wildman–Crippen LogP) is 6.14. The average Bonchev–Trinajstić information content (AvgIpc) is 3.32. The van der Waals surface area contributed by atoms with Crippen molar-refractivity contribution < 1.29 is 19.1 Å². The maximum absolute atomic E-state index is 12.7. The Kier molecular flexibility index (Phi) is 8.49. The molecule has 1 aromatic carbocycles. The number of nitrogens with zero attached hydrogens (tertiary/aromatic N) is 1. The first-order valence-corrected chi connectivity index (χ1v) is 11.9. The van der Waals surface area contributed by atoms with Crippen molar-refractivity contribution in [2.75, 3.05) is 6.54 Å². The van der Waals surface area contributed by atoms with E-state index in [2.05, 4.69) is 31.2 Å². The molecule has 1 aliphatic rings. The number of carboxylic acid groups (broad SMARTS) is 1. The number of amides is 1. The average molecular weight is 458 g/mol. The largest absolute Gasteiger partial charge is 0.481 e. The van der Waals surface area contributed by atoms with E-state index in [1.54, 1.807) is 11.0 Å². The minimum absolute atomic E-state index is 0.119. The van der Waals surface area contributed by atoms with Crippen molar-refractivity contribution >= 4 is 46.3 Å². The minimum Gasteiger partial charge on any atom is -0.481 e. The second-order valence-corrected chi connectivity index (χ2v) is 9.22. The van der Waals surface area contributed by atoms with Gasteiger partial charge >= 0.3 is 5.97 Å². The second-order valence-electron chi connectivity index (χ2n) is 7.54. The van der Waals surface area contributed by atoms with Gasteiger partial charge in [-0.1, -0.05) is 68.0 Å². The Bertz CT molecular complexity index is 962. The summed E-state index contributed by atoms with van der Waals surface area (Å²) in [6, 6.07) is 12.2. The number of thiocarbonyl (C=S) groups is 1. The summed E-state index contributed by atoms with van der Waals surface area (Å²) in [4.78, 5) is 25.4. The summed E-state index contributed by atoms with van der Waals surface area (Å²) in [5.74, 6) is 0.472. The maximum atomic E-state index is 12.7. The van der Waals surface area contributed by atoms with Gasteiger partial charge in [-0.15, -0.1) is 0 Å². The monoisotopic (exact) mass is 457 g/mol. The van der Waals surface area contributed by atoms with E-state index in [-0.39, 0.29) is 12.3 Å². The fraction of sp³-hybridized carbons (Fsp3) is 0.375. The molecule has 0 saturated carbocycles. The summed E-state index contributed by atoms with van der Waals surface area (Å²) in [6.45, 7) is 2.70. The van der Waals surface area contributed by atoms with Gasteiger partial charge in [-0.05, 0) is 43.4 Å². The smallest absolute Gasteiger partial charge is 0.303 e. The molecule has 1 amide bonds. The normalized spacial score (nSPS) is 15.3. The molecule has 0 bridgehead atoms. The molecule has 1 N–H and O–H groups in total. The molecule has 1 aromatic heterocycles. The van der Waals surface area contributed by atoms with Crippen LogP contribution in [-0.2, 0) is 16.0 Å². The van der Waals surface area contributed by atoms with Gasteiger partial charge in [0.2, 0.25) is 0 Å². The van der Waals surface area contributed by atoms with Crippen LogP contribution in [-0.4, -0.2) is 32.7 Å². The molecule has 164 valence electrons. The van der Waals surface area contributed by atoms with E-state index in [4.69, 9.17) is 21.7 Å². The third kappa shape index (κ3) is 6.55. The molecule has 0 atom stereocenters. The molecular weight excluding hydrogens is 430 g/mol. The van der Waals surface area contributed by atoms with Crippen LogP contribution in [0.1, 0.15) is 56.8 Å². The molecule has 2 aromatic rings. The minimum atomic E-state index is -0.793. The standard InChI is InChI=1S/C24H27NO4S2/c1-2-3-7-17-9-11-18(12-10-17)20-14-13-19(29-20)16-21-23(28)25(24(30)31-21)15-6-4-5-8-22(26)27/h9-14,16H,2-8,15H2,1H3,(H,26,27)/b21-16-. The molecule has 0 unspecified atom stereocenters. The van der Waals surface area contributed by atoms with E-state index in [0.717, 1.165) is 30.6 Å². The van der Waals surface area contributed by atoms with Crippen LogP contribution < -0.4 is 0 Å². The SMILES string of the molecule is CCCCc1ccc(-c2ccc(/C=C3\SC(=S)N(CCCCCC(=O)O)C3=O)o2)cc1. The first-order valence-electron chi connectivity index (χ1n) is 10.6. The number of hydrogen-bond donors (Lipinski definition) is 1. The number of aryl methyl sites for hydroxylation is 1. The predicted molar refractivity (Wildman–Crippen MR) is 129 cm³/mol. The number of thioether (sulfide) groups is 1. The number of carbonyl (C=O) groups excluding carboxylic acids is 1. The number of hydrogen-bond acceptors (Lipinski definition) is 5. The molecule has 31 heavy (non-hydrogen) atoms. The summed E-state index contributed by atoms with van der Waals surface area (Å²) < 4.78 is 6.48. The van der Waals surface area contributed by atoms with Gasteiger partial charge in [-0.3, -0.25) is 14.5 Å². The first kappa shape index (κ1) is 23.3. The van der Waals surface area contributed by atoms with E-state index < -0.39 is 5.97 Å². The van der Waals surface area contributed by atoms with E-state index >= 15 is 0 Å². The summed E-state index contributed by atoms with van der Waals surface area (Å²) in [5, 5.41) is 8.70. The van der Waals surface area contributed by atoms with Gasteiger partial charge in [0.05, 0.1) is 4.91 Å². The van der Waals surface area contributed by atoms with Gasteiger partial charge in [0.1, 0.15) is 15.8 Å². The zero-order valence-electron chi connectivity index (χ0n) is 17.6. The molecular formula is C24H27NO4S2. The number of unbranched alkanes of at least 4 members (excludes halogenated alkanes) is 3. The Morgan fingerprint density at radius 2 is 1.90 bits per heavy atom. The highest BCUT2D eigenvalue weighted by atomic mass is 32.2. The Morgan fingerprint density at radius 3 is 2.61 bits per heavy atom. The lowest BCUT2D eigenvalue weighted by molar-refractivity contribution is -0.137. The van der Waals surface area contributed by atoms with Crippen molar-refractivity contribution in [2.45, 2.75) is 51.9 Å². The fourth-order valence-corrected chi connectivity index (χ4v) is 4.64. The Hall–Kier alpha value is -2.38. The van der Waals surface area contributed by atoms with Crippen LogP contribution in [0.4, 0.5) is 0 Å². The van der Waals surface area contributed by atoms with Gasteiger partial charge in [0.15, 0.2) is 0 Å². The Balaban J connectivity index is 1.59. The van der Waals surface area contributed by atoms with Crippen LogP contribution >= 0.6 is 24.0 Å². The van der Waals surface area contributed by atoms with E-state index in [9.17, 15) is 9.59 Å². The van der Waals surface area contributed by atoms with E-state index in [1.807, 2.05) is 12.1 Å². The summed E-state index contributed by atoms with van der Waals surface area (Å²) in [7, 11) is 0. The number of benzene rings is 1. The van der Waals surface area contributed by atoms with Crippen LogP contribution in [0.15, 0.2) is 45.7 Å². The lowest BCUT2D eigenvalue weighted by atomic mass is 10.1. The number of carboxylic acids is 1. The summed E-state index contributed by atoms with van der Waals surface area (Å²) in [6.07, 6.45) is 7.43. The zero-order chi connectivity index (χ0) is 22.2. The van der Waals surface area contributed by atoms with Crippen LogP contribution in [0.2, 0.25) is 0 Å². The molecule has 5 nitrogen and oxygen atoms in total. The molecule has 7 heteroatoms. The number of furan rings is 1. The number of carbonyl (C=O) groups is 2. The van der Waals surface area contributed by atoms with Crippen molar-refractivity contribution in [3.63, 3.8) is 0 Å². The van der Waals surface area contributed by atoms with E-state index in [1.165, 1.54) is 30.2 Å². The molecule has 0 spiro atoms. The topological polar surface area (TPSA) is 70.8 Å². The van der Waals surface area contributed by atoms with E-state index in [0.29, 0.717) is 28.0 Å². The van der Waals surface area contributed by atoms with Crippen molar-refractivity contribution in [3.8, 4) is 11.3 Å². The van der Waals surface area contributed by atoms with Crippen LogP contribution in [0.25, 0.3) is 17.4 Å². The van der Waals surface area contributed by atoms with Gasteiger partial charge < -0.3 is 9.52 Å². The maximum Gasteiger partial charge on any atom is 0.303 e. The molecule has 0 radical (unpaired) electrons.